The van der Waals surface area contributed by atoms with Gasteiger partial charge in [-0.05, 0) is 102 Å². The van der Waals surface area contributed by atoms with E-state index in [1.165, 1.54) is 45.7 Å². The van der Waals surface area contributed by atoms with Crippen molar-refractivity contribution in [3.8, 4) is 23.1 Å². The average molecular weight is 681 g/mol. The van der Waals surface area contributed by atoms with Gasteiger partial charge in [0.15, 0.2) is 11.5 Å². The van der Waals surface area contributed by atoms with Crippen LogP contribution in [0.5, 0.6) is 23.1 Å². The van der Waals surface area contributed by atoms with Gasteiger partial charge >= 0.3 is 0 Å². The van der Waals surface area contributed by atoms with Crippen molar-refractivity contribution >= 4 is 29.1 Å². The third kappa shape index (κ3) is 9.29. The number of benzene rings is 3. The van der Waals surface area contributed by atoms with Gasteiger partial charge in [-0.1, -0.05) is 30.7 Å². The van der Waals surface area contributed by atoms with E-state index in [-0.39, 0.29) is 29.0 Å². The summed E-state index contributed by atoms with van der Waals surface area (Å²) in [6.45, 7) is 12.9. The van der Waals surface area contributed by atoms with Gasteiger partial charge in [-0.2, -0.15) is 4.98 Å². The predicted octanol–water partition coefficient (Wildman–Crippen LogP) is 7.63. The summed E-state index contributed by atoms with van der Waals surface area (Å²) in [6.07, 6.45) is 6.27. The molecule has 2 N–H and O–H groups in total. The zero-order valence-corrected chi connectivity index (χ0v) is 29.8. The first-order valence-corrected chi connectivity index (χ1v) is 17.4. The first kappa shape index (κ1) is 36.1. The van der Waals surface area contributed by atoms with Gasteiger partial charge in [-0.25, -0.2) is 4.98 Å². The largest absolute Gasteiger partial charge is 0.493 e. The summed E-state index contributed by atoms with van der Waals surface area (Å²) in [6, 6.07) is 18.4. The molecular weight excluding hydrogens is 632 g/mol. The number of hydrogen-bond acceptors (Lipinski definition) is 9. The van der Waals surface area contributed by atoms with Crippen molar-refractivity contribution in [1.29, 1.82) is 0 Å². The minimum atomic E-state index is -0.434. The molecule has 1 fully saturated rings. The molecule has 1 aliphatic heterocycles. The summed E-state index contributed by atoms with van der Waals surface area (Å²) in [5.74, 6) is 1.03. The number of amides is 2. The first-order chi connectivity index (χ1) is 24.3. The lowest BCUT2D eigenvalue weighted by Crippen LogP contribution is -2.31. The molecule has 1 aromatic heterocycles. The minimum absolute atomic E-state index is 0.0115. The van der Waals surface area contributed by atoms with E-state index in [1.807, 2.05) is 70.2 Å². The Hall–Kier alpha value is -5.16. The van der Waals surface area contributed by atoms with Gasteiger partial charge in [0.25, 0.3) is 11.8 Å². The van der Waals surface area contributed by atoms with Gasteiger partial charge in [0.05, 0.1) is 13.7 Å². The monoisotopic (exact) mass is 680 g/mol. The number of nitrogens with zero attached hydrogens (tertiary/aromatic N) is 4. The van der Waals surface area contributed by atoms with Crippen molar-refractivity contribution < 1.29 is 23.8 Å². The SMILES string of the molecule is CCN(CC)C(=O)c1ccc(Oc2nc(Nc3cccc(OCCCN4CCCCC4)c3)ncc2C(=O)Nc2c(C)cccc2C)c(OC)c1. The Bertz CT molecular complexity index is 1750. The molecule has 3 aromatic carbocycles. The first-order valence-electron chi connectivity index (χ1n) is 17.4. The second-order valence-electron chi connectivity index (χ2n) is 12.3. The van der Waals surface area contributed by atoms with Crippen molar-refractivity contribution in [2.45, 2.75) is 53.4 Å². The lowest BCUT2D eigenvalue weighted by atomic mass is 10.1. The molecule has 4 aromatic rings. The molecule has 1 aliphatic rings. The van der Waals surface area contributed by atoms with Crippen LogP contribution in [0.15, 0.2) is 66.9 Å². The number of nitrogens with one attached hydrogen (secondary N) is 2. The average Bonchev–Trinajstić information content (AvgIpc) is 3.13. The molecule has 0 aliphatic carbocycles. The number of methoxy groups -OCH3 is 1. The quantitative estimate of drug-likeness (QED) is 0.122. The molecule has 2 heterocycles. The Kier molecular flexibility index (Phi) is 12.6. The van der Waals surface area contributed by atoms with Crippen molar-refractivity contribution in [2.24, 2.45) is 0 Å². The van der Waals surface area contributed by atoms with E-state index in [2.05, 4.69) is 25.5 Å². The number of hydrogen-bond donors (Lipinski definition) is 2. The minimum Gasteiger partial charge on any atom is -0.493 e. The number of ether oxygens (including phenoxy) is 3. The third-order valence-electron chi connectivity index (χ3n) is 8.81. The Balaban J connectivity index is 1.38. The summed E-state index contributed by atoms with van der Waals surface area (Å²) in [7, 11) is 1.50. The Morgan fingerprint density at radius 2 is 1.66 bits per heavy atom. The summed E-state index contributed by atoms with van der Waals surface area (Å²) >= 11 is 0. The van der Waals surface area contributed by atoms with Crippen LogP contribution in [0.2, 0.25) is 0 Å². The van der Waals surface area contributed by atoms with E-state index >= 15 is 0 Å². The Morgan fingerprint density at radius 1 is 0.920 bits per heavy atom. The van der Waals surface area contributed by atoms with Crippen LogP contribution in [0.25, 0.3) is 0 Å². The highest BCUT2D eigenvalue weighted by molar-refractivity contribution is 6.06. The summed E-state index contributed by atoms with van der Waals surface area (Å²) in [4.78, 5) is 40.1. The molecular formula is C39H48N6O5. The second kappa shape index (κ2) is 17.5. The molecule has 0 saturated carbocycles. The molecule has 11 nitrogen and oxygen atoms in total. The van der Waals surface area contributed by atoms with Crippen LogP contribution in [0.3, 0.4) is 0 Å². The molecule has 0 atom stereocenters. The summed E-state index contributed by atoms with van der Waals surface area (Å²) < 4.78 is 18.0. The number of rotatable bonds is 15. The standard InChI is InChI=1S/C39H48N6O5/c1-6-45(7-2)38(47)29-18-19-33(34(24-29)48-5)50-37-32(36(46)42-35-27(3)14-11-15-28(35)4)26-40-39(43-37)41-30-16-12-17-31(25-30)49-23-13-22-44-20-9-8-10-21-44/h11-12,14-19,24-26H,6-10,13,20-23H2,1-5H3,(H,42,46)(H,40,41,43). The van der Waals surface area contributed by atoms with Gasteiger partial charge in [0, 0.05) is 48.8 Å². The van der Waals surface area contributed by atoms with Gasteiger partial charge in [0.2, 0.25) is 11.8 Å². The van der Waals surface area contributed by atoms with E-state index in [0.717, 1.165) is 29.8 Å². The third-order valence-corrected chi connectivity index (χ3v) is 8.81. The van der Waals surface area contributed by atoms with Crippen LogP contribution < -0.4 is 24.8 Å². The fourth-order valence-electron chi connectivity index (χ4n) is 5.99. The number of aromatic nitrogens is 2. The second-order valence-corrected chi connectivity index (χ2v) is 12.3. The molecule has 1 saturated heterocycles. The molecule has 0 unspecified atom stereocenters. The van der Waals surface area contributed by atoms with E-state index in [9.17, 15) is 9.59 Å². The lowest BCUT2D eigenvalue weighted by molar-refractivity contribution is 0.0772. The zero-order chi connectivity index (χ0) is 35.5. The summed E-state index contributed by atoms with van der Waals surface area (Å²) in [5.41, 5.74) is 3.84. The normalized spacial score (nSPS) is 13.0. The van der Waals surface area contributed by atoms with E-state index in [0.29, 0.717) is 42.4 Å². The van der Waals surface area contributed by atoms with Crippen molar-refractivity contribution in [3.05, 3.63) is 89.1 Å². The maximum absolute atomic E-state index is 13.7. The topological polar surface area (TPSA) is 118 Å². The highest BCUT2D eigenvalue weighted by Gasteiger charge is 2.22. The Morgan fingerprint density at radius 3 is 2.38 bits per heavy atom. The summed E-state index contributed by atoms with van der Waals surface area (Å²) in [5, 5.41) is 6.22. The Labute approximate surface area is 295 Å². The molecule has 0 spiro atoms. The highest BCUT2D eigenvalue weighted by Crippen LogP contribution is 2.35. The molecule has 0 radical (unpaired) electrons. The van der Waals surface area contributed by atoms with E-state index in [1.54, 1.807) is 23.1 Å². The van der Waals surface area contributed by atoms with Crippen LogP contribution in [0.1, 0.15) is 71.4 Å². The van der Waals surface area contributed by atoms with Crippen LogP contribution in [0.4, 0.5) is 17.3 Å². The van der Waals surface area contributed by atoms with Crippen LogP contribution >= 0.6 is 0 Å². The van der Waals surface area contributed by atoms with E-state index in [4.69, 9.17) is 14.2 Å². The fourth-order valence-corrected chi connectivity index (χ4v) is 5.99. The highest BCUT2D eigenvalue weighted by atomic mass is 16.5. The molecule has 11 heteroatoms. The zero-order valence-electron chi connectivity index (χ0n) is 29.8. The van der Waals surface area contributed by atoms with Crippen LogP contribution in [-0.2, 0) is 0 Å². The molecule has 264 valence electrons. The smallest absolute Gasteiger partial charge is 0.262 e. The number of likely N-dealkylation sites (tertiary alicyclic amines) is 1. The molecule has 50 heavy (non-hydrogen) atoms. The predicted molar refractivity (Wildman–Crippen MR) is 196 cm³/mol. The number of aryl methyl sites for hydroxylation is 2. The number of anilines is 3. The maximum atomic E-state index is 13.7. The fraction of sp³-hybridized carbons (Fsp3) is 0.385. The lowest BCUT2D eigenvalue weighted by Gasteiger charge is -2.26. The van der Waals surface area contributed by atoms with Crippen molar-refractivity contribution in [2.75, 3.05) is 57.1 Å². The number of para-hydroxylation sites is 1. The number of piperidine rings is 1. The van der Waals surface area contributed by atoms with Gasteiger partial charge in [-0.3, -0.25) is 9.59 Å². The molecule has 2 amide bonds. The van der Waals surface area contributed by atoms with Crippen LogP contribution in [0, 0.1) is 13.8 Å². The van der Waals surface area contributed by atoms with Gasteiger partial charge in [-0.15, -0.1) is 0 Å². The van der Waals surface area contributed by atoms with Gasteiger partial charge in [0.1, 0.15) is 11.3 Å². The van der Waals surface area contributed by atoms with E-state index < -0.39 is 5.91 Å². The molecule has 5 rings (SSSR count). The number of carbonyl (C=O) groups is 2. The molecule has 0 bridgehead atoms. The van der Waals surface area contributed by atoms with Crippen molar-refractivity contribution in [1.82, 2.24) is 19.8 Å². The maximum Gasteiger partial charge on any atom is 0.262 e. The number of carbonyl (C=O) groups excluding carboxylic acids is 2. The van der Waals surface area contributed by atoms with Crippen LogP contribution in [-0.4, -0.2) is 78.0 Å². The van der Waals surface area contributed by atoms with Crippen molar-refractivity contribution in [3.63, 3.8) is 0 Å². The van der Waals surface area contributed by atoms with Gasteiger partial charge < -0.3 is 34.6 Å².